The number of carbonyl (C=O) groups is 2. The summed E-state index contributed by atoms with van der Waals surface area (Å²) in [7, 11) is 2.66. The van der Waals surface area contributed by atoms with Crippen molar-refractivity contribution in [2.45, 2.75) is 12.5 Å². The summed E-state index contributed by atoms with van der Waals surface area (Å²) in [5.41, 5.74) is 0.491. The molecule has 0 radical (unpaired) electrons. The van der Waals surface area contributed by atoms with Crippen LogP contribution in [-0.4, -0.2) is 38.9 Å². The molecule has 1 rings (SSSR count). The average Bonchev–Trinajstić information content (AvgIpc) is 3.11. The van der Waals surface area contributed by atoms with Gasteiger partial charge in [-0.05, 0) is 0 Å². The molecule has 5 nitrogen and oxygen atoms in total. The Morgan fingerprint density at radius 1 is 1.44 bits per heavy atom. The van der Waals surface area contributed by atoms with Crippen LogP contribution in [0.25, 0.3) is 0 Å². The molecule has 16 heavy (non-hydrogen) atoms. The molecule has 0 N–H and O–H groups in total. The maximum absolute atomic E-state index is 10.7. The van der Waals surface area contributed by atoms with Gasteiger partial charge in [0.15, 0.2) is 0 Å². The molecule has 1 saturated heterocycles. The molecular formula is C11H16O5. The standard InChI is InChI=1S/C7H10O3.C4H6O2/c1-5(7(8)9-2)3-6-4-10-6;1-3-4(5)6-2/h6H,1,3-4H2,2H3;3H,1H2,2H3. The number of esters is 2. The quantitative estimate of drug-likeness (QED) is 0.405. The molecule has 0 spiro atoms. The van der Waals surface area contributed by atoms with Gasteiger partial charge in [0.25, 0.3) is 0 Å². The number of hydrogen-bond donors (Lipinski definition) is 0. The zero-order chi connectivity index (χ0) is 12.6. The highest BCUT2D eigenvalue weighted by Gasteiger charge is 2.25. The van der Waals surface area contributed by atoms with Crippen LogP contribution >= 0.6 is 0 Å². The fraction of sp³-hybridized carbons (Fsp3) is 0.455. The van der Waals surface area contributed by atoms with Gasteiger partial charge in [-0.2, -0.15) is 0 Å². The van der Waals surface area contributed by atoms with Gasteiger partial charge in [0, 0.05) is 18.1 Å². The number of ether oxygens (including phenoxy) is 3. The molecule has 1 unspecified atom stereocenters. The minimum Gasteiger partial charge on any atom is -0.466 e. The number of carbonyl (C=O) groups excluding carboxylic acids is 2. The van der Waals surface area contributed by atoms with E-state index < -0.39 is 5.97 Å². The molecule has 1 fully saturated rings. The first-order chi connectivity index (χ1) is 7.54. The molecule has 0 bridgehead atoms. The predicted molar refractivity (Wildman–Crippen MR) is 57.7 cm³/mol. The lowest BCUT2D eigenvalue weighted by Gasteiger charge is -1.98. The van der Waals surface area contributed by atoms with Crippen molar-refractivity contribution in [2.24, 2.45) is 0 Å². The van der Waals surface area contributed by atoms with E-state index in [4.69, 9.17) is 4.74 Å². The first-order valence-corrected chi connectivity index (χ1v) is 4.63. The molecule has 0 amide bonds. The molecule has 0 aromatic heterocycles. The van der Waals surface area contributed by atoms with Crippen LogP contribution in [0.5, 0.6) is 0 Å². The van der Waals surface area contributed by atoms with Gasteiger partial charge < -0.3 is 14.2 Å². The zero-order valence-corrected chi connectivity index (χ0v) is 9.52. The van der Waals surface area contributed by atoms with Crippen molar-refractivity contribution in [1.29, 1.82) is 0 Å². The van der Waals surface area contributed by atoms with Crippen LogP contribution in [0, 0.1) is 0 Å². The monoisotopic (exact) mass is 228 g/mol. The first kappa shape index (κ1) is 14.4. The summed E-state index contributed by atoms with van der Waals surface area (Å²) in [5.74, 6) is -0.731. The minimum absolute atomic E-state index is 0.214. The van der Waals surface area contributed by atoms with Crippen molar-refractivity contribution in [3.63, 3.8) is 0 Å². The van der Waals surface area contributed by atoms with Gasteiger partial charge in [0.2, 0.25) is 0 Å². The third-order valence-corrected chi connectivity index (χ3v) is 1.72. The van der Waals surface area contributed by atoms with E-state index in [1.807, 2.05) is 0 Å². The average molecular weight is 228 g/mol. The Kier molecular flexibility index (Phi) is 6.87. The lowest BCUT2D eigenvalue weighted by molar-refractivity contribution is -0.136. The van der Waals surface area contributed by atoms with E-state index >= 15 is 0 Å². The van der Waals surface area contributed by atoms with Gasteiger partial charge in [-0.1, -0.05) is 13.2 Å². The minimum atomic E-state index is -0.394. The fourth-order valence-electron chi connectivity index (χ4n) is 0.772. The van der Waals surface area contributed by atoms with E-state index in [0.29, 0.717) is 12.0 Å². The number of hydrogen-bond acceptors (Lipinski definition) is 5. The summed E-state index contributed by atoms with van der Waals surface area (Å²) >= 11 is 0. The van der Waals surface area contributed by atoms with E-state index in [2.05, 4.69) is 22.6 Å². The Balaban J connectivity index is 0.000000325. The molecule has 0 aromatic carbocycles. The second-order valence-electron chi connectivity index (χ2n) is 2.98. The molecule has 1 aliphatic rings. The van der Waals surface area contributed by atoms with Gasteiger partial charge in [0.05, 0.1) is 26.9 Å². The van der Waals surface area contributed by atoms with Gasteiger partial charge in [-0.25, -0.2) is 9.59 Å². The van der Waals surface area contributed by atoms with E-state index in [0.717, 1.165) is 12.7 Å². The molecule has 1 heterocycles. The third-order valence-electron chi connectivity index (χ3n) is 1.72. The van der Waals surface area contributed by atoms with E-state index in [9.17, 15) is 9.59 Å². The number of epoxide rings is 1. The Morgan fingerprint density at radius 2 is 2.00 bits per heavy atom. The van der Waals surface area contributed by atoms with E-state index in [-0.39, 0.29) is 12.1 Å². The van der Waals surface area contributed by atoms with Crippen LogP contribution < -0.4 is 0 Å². The van der Waals surface area contributed by atoms with Crippen LogP contribution in [0.2, 0.25) is 0 Å². The second kappa shape index (κ2) is 7.64. The van der Waals surface area contributed by atoms with Gasteiger partial charge >= 0.3 is 11.9 Å². The summed E-state index contributed by atoms with van der Waals surface area (Å²) in [6, 6.07) is 0. The number of methoxy groups -OCH3 is 2. The van der Waals surface area contributed by atoms with E-state index in [1.165, 1.54) is 14.2 Å². The molecule has 1 atom stereocenters. The molecular weight excluding hydrogens is 212 g/mol. The van der Waals surface area contributed by atoms with Crippen molar-refractivity contribution < 1.29 is 23.8 Å². The lowest BCUT2D eigenvalue weighted by Crippen LogP contribution is -2.05. The summed E-state index contributed by atoms with van der Waals surface area (Å²) in [5, 5.41) is 0. The van der Waals surface area contributed by atoms with Crippen molar-refractivity contribution in [1.82, 2.24) is 0 Å². The Hall–Kier alpha value is -1.62. The van der Waals surface area contributed by atoms with Crippen molar-refractivity contribution in [3.8, 4) is 0 Å². The normalized spacial score (nSPS) is 16.2. The van der Waals surface area contributed by atoms with E-state index in [1.54, 1.807) is 0 Å². The highest BCUT2D eigenvalue weighted by atomic mass is 16.6. The van der Waals surface area contributed by atoms with Crippen LogP contribution in [0.4, 0.5) is 0 Å². The Bertz CT molecular complexity index is 278. The Morgan fingerprint density at radius 3 is 2.25 bits per heavy atom. The molecule has 0 aliphatic carbocycles. The van der Waals surface area contributed by atoms with Crippen LogP contribution in [0.3, 0.4) is 0 Å². The first-order valence-electron chi connectivity index (χ1n) is 4.63. The highest BCUT2D eigenvalue weighted by Crippen LogP contribution is 2.18. The van der Waals surface area contributed by atoms with Crippen molar-refractivity contribution >= 4 is 11.9 Å². The summed E-state index contributed by atoms with van der Waals surface area (Å²) < 4.78 is 13.5. The maximum Gasteiger partial charge on any atom is 0.333 e. The second-order valence-corrected chi connectivity index (χ2v) is 2.98. The smallest absolute Gasteiger partial charge is 0.333 e. The fourth-order valence-corrected chi connectivity index (χ4v) is 0.772. The molecule has 1 aliphatic heterocycles. The van der Waals surface area contributed by atoms with Crippen LogP contribution in [0.1, 0.15) is 6.42 Å². The molecule has 90 valence electrons. The predicted octanol–water partition coefficient (Wildman–Crippen LogP) is 0.850. The topological polar surface area (TPSA) is 65.1 Å². The third kappa shape index (κ3) is 6.78. The Labute approximate surface area is 94.7 Å². The summed E-state index contributed by atoms with van der Waals surface area (Å²) in [6.07, 6.45) is 1.93. The SMILES string of the molecule is C=C(CC1CO1)C(=O)OC.C=CC(=O)OC. The molecule has 0 saturated carbocycles. The largest absolute Gasteiger partial charge is 0.466 e. The van der Waals surface area contributed by atoms with Crippen LogP contribution in [0.15, 0.2) is 24.8 Å². The molecule has 5 heteroatoms. The highest BCUT2D eigenvalue weighted by molar-refractivity contribution is 5.87. The lowest BCUT2D eigenvalue weighted by atomic mass is 10.2. The summed E-state index contributed by atoms with van der Waals surface area (Å²) in [6.45, 7) is 7.45. The maximum atomic E-state index is 10.7. The van der Waals surface area contributed by atoms with Gasteiger partial charge in [-0.3, -0.25) is 0 Å². The summed E-state index contributed by atoms with van der Waals surface area (Å²) in [4.78, 5) is 20.5. The van der Waals surface area contributed by atoms with Crippen molar-refractivity contribution in [2.75, 3.05) is 20.8 Å². The van der Waals surface area contributed by atoms with Crippen LogP contribution in [-0.2, 0) is 23.8 Å². The zero-order valence-electron chi connectivity index (χ0n) is 9.52. The van der Waals surface area contributed by atoms with Crippen molar-refractivity contribution in [3.05, 3.63) is 24.8 Å². The number of rotatable bonds is 4. The van der Waals surface area contributed by atoms with Gasteiger partial charge in [0.1, 0.15) is 0 Å². The molecule has 0 aromatic rings. The van der Waals surface area contributed by atoms with Gasteiger partial charge in [-0.15, -0.1) is 0 Å².